The van der Waals surface area contributed by atoms with Gasteiger partial charge < -0.3 is 10.2 Å². The molecule has 0 amide bonds. The average molecular weight is 231 g/mol. The van der Waals surface area contributed by atoms with E-state index in [0.717, 1.165) is 11.1 Å². The second-order valence-electron chi connectivity index (χ2n) is 3.13. The van der Waals surface area contributed by atoms with Crippen LogP contribution in [-0.2, 0) is 17.4 Å². The number of carboxylic acid groups (broad SMARTS) is 1. The second kappa shape index (κ2) is 4.50. The molecule has 0 bridgehead atoms. The van der Waals surface area contributed by atoms with Gasteiger partial charge in [-0.3, -0.25) is 0 Å². The predicted molar refractivity (Wildman–Crippen MR) is 47.1 cm³/mol. The normalized spacial score (nSPS) is 9.36. The Labute approximate surface area is 93.5 Å². The van der Waals surface area contributed by atoms with E-state index in [-0.39, 0.29) is 28.7 Å². The first-order chi connectivity index (χ1) is 5.95. The summed E-state index contributed by atoms with van der Waals surface area (Å²) >= 11 is 0. The smallest absolute Gasteiger partial charge is 0.872 e. The van der Waals surface area contributed by atoms with Gasteiger partial charge in [-0.1, -0.05) is 11.3 Å². The van der Waals surface area contributed by atoms with Gasteiger partial charge in [-0.25, -0.2) is 4.79 Å². The SMILES string of the molecule is Cc1cc(C(=O)O)c([O-])c(C)c1C.[Cr+3]. The van der Waals surface area contributed by atoms with Gasteiger partial charge in [-0.05, 0) is 38.0 Å². The molecule has 0 saturated heterocycles. The van der Waals surface area contributed by atoms with Gasteiger partial charge in [0.25, 0.3) is 0 Å². The Bertz CT molecular complexity index is 372. The maximum Gasteiger partial charge on any atom is 3.00 e. The van der Waals surface area contributed by atoms with Gasteiger partial charge in [0.05, 0.1) is 5.56 Å². The summed E-state index contributed by atoms with van der Waals surface area (Å²) in [4.78, 5) is 10.6. The van der Waals surface area contributed by atoms with Gasteiger partial charge in [0.15, 0.2) is 0 Å². The van der Waals surface area contributed by atoms with Crippen LogP contribution in [0, 0.1) is 20.8 Å². The van der Waals surface area contributed by atoms with E-state index >= 15 is 0 Å². The fourth-order valence-corrected chi connectivity index (χ4v) is 1.22. The zero-order chi connectivity index (χ0) is 10.2. The first-order valence-corrected chi connectivity index (χ1v) is 3.96. The molecule has 1 aromatic rings. The summed E-state index contributed by atoms with van der Waals surface area (Å²) in [6.45, 7) is 5.27. The Balaban J connectivity index is 0.00000169. The van der Waals surface area contributed by atoms with Gasteiger partial charge in [0.1, 0.15) is 0 Å². The Hall–Kier alpha value is -0.978. The molecule has 0 aliphatic heterocycles. The molecule has 73 valence electrons. The van der Waals surface area contributed by atoms with Crippen LogP contribution in [-0.4, -0.2) is 11.1 Å². The standard InChI is InChI=1S/C10H12O3.Cr/c1-5-4-8(10(12)13)9(11)7(3)6(5)2;/h4,11H,1-3H3,(H,12,13);/q;+3/p-1. The molecule has 0 aliphatic carbocycles. The van der Waals surface area contributed by atoms with Gasteiger partial charge in [0, 0.05) is 0 Å². The van der Waals surface area contributed by atoms with Gasteiger partial charge >= 0.3 is 23.3 Å². The quantitative estimate of drug-likeness (QED) is 0.794. The van der Waals surface area contributed by atoms with Crippen LogP contribution in [0.5, 0.6) is 5.75 Å². The Kier molecular flexibility index (Phi) is 4.18. The molecular formula is C10H11CrO3+2. The summed E-state index contributed by atoms with van der Waals surface area (Å²) in [5.74, 6) is -1.54. The number of carbonyl (C=O) groups is 1. The molecule has 1 aromatic carbocycles. The van der Waals surface area contributed by atoms with Crippen LogP contribution in [0.3, 0.4) is 0 Å². The fourth-order valence-electron chi connectivity index (χ4n) is 1.22. The first kappa shape index (κ1) is 13.0. The van der Waals surface area contributed by atoms with Crippen molar-refractivity contribution in [1.82, 2.24) is 0 Å². The zero-order valence-corrected chi connectivity index (χ0v) is 9.52. The minimum Gasteiger partial charge on any atom is -0.872 e. The number of aromatic carboxylic acids is 1. The average Bonchev–Trinajstić information content (AvgIpc) is 2.07. The van der Waals surface area contributed by atoms with Crippen molar-refractivity contribution in [2.45, 2.75) is 20.8 Å². The van der Waals surface area contributed by atoms with Crippen molar-refractivity contribution < 1.29 is 32.4 Å². The first-order valence-electron chi connectivity index (χ1n) is 3.96. The molecule has 0 spiro atoms. The number of benzene rings is 1. The number of carboxylic acids is 1. The maximum absolute atomic E-state index is 11.4. The molecule has 1 N–H and O–H groups in total. The molecule has 0 atom stereocenters. The van der Waals surface area contributed by atoms with E-state index in [1.165, 1.54) is 6.07 Å². The number of rotatable bonds is 1. The predicted octanol–water partition coefficient (Wildman–Crippen LogP) is 1.38. The van der Waals surface area contributed by atoms with Crippen molar-refractivity contribution in [2.75, 3.05) is 0 Å². The van der Waals surface area contributed by atoms with E-state index in [1.54, 1.807) is 13.8 Å². The summed E-state index contributed by atoms with van der Waals surface area (Å²) in [5.41, 5.74) is 2.10. The molecule has 0 fully saturated rings. The Morgan fingerprint density at radius 1 is 1.29 bits per heavy atom. The molecule has 1 rings (SSSR count). The molecule has 3 nitrogen and oxygen atoms in total. The zero-order valence-electron chi connectivity index (χ0n) is 8.25. The van der Waals surface area contributed by atoms with E-state index in [9.17, 15) is 9.90 Å². The van der Waals surface area contributed by atoms with Crippen molar-refractivity contribution in [2.24, 2.45) is 0 Å². The molecule has 0 heterocycles. The van der Waals surface area contributed by atoms with E-state index in [1.807, 2.05) is 6.92 Å². The number of hydrogen-bond acceptors (Lipinski definition) is 2. The van der Waals surface area contributed by atoms with E-state index in [0.29, 0.717) is 5.56 Å². The molecule has 0 unspecified atom stereocenters. The third-order valence-electron chi connectivity index (χ3n) is 2.33. The molecule has 0 saturated carbocycles. The maximum atomic E-state index is 11.4. The molecule has 14 heavy (non-hydrogen) atoms. The van der Waals surface area contributed by atoms with Gasteiger partial charge in [0.2, 0.25) is 0 Å². The summed E-state index contributed by atoms with van der Waals surface area (Å²) < 4.78 is 0. The Morgan fingerprint density at radius 3 is 2.21 bits per heavy atom. The minimum absolute atomic E-state index is 0. The summed E-state index contributed by atoms with van der Waals surface area (Å²) in [7, 11) is 0. The van der Waals surface area contributed by atoms with Crippen LogP contribution in [0.2, 0.25) is 0 Å². The van der Waals surface area contributed by atoms with Crippen LogP contribution in [0.1, 0.15) is 27.0 Å². The van der Waals surface area contributed by atoms with Crippen LogP contribution in [0.4, 0.5) is 0 Å². The Morgan fingerprint density at radius 2 is 1.79 bits per heavy atom. The third-order valence-corrected chi connectivity index (χ3v) is 2.33. The van der Waals surface area contributed by atoms with Crippen LogP contribution >= 0.6 is 0 Å². The van der Waals surface area contributed by atoms with Crippen molar-refractivity contribution in [3.8, 4) is 5.75 Å². The molecule has 0 aromatic heterocycles. The summed E-state index contributed by atoms with van der Waals surface area (Å²) in [6, 6.07) is 1.42. The van der Waals surface area contributed by atoms with Crippen molar-refractivity contribution >= 4 is 5.97 Å². The molecular weight excluding hydrogens is 220 g/mol. The third kappa shape index (κ3) is 2.09. The second-order valence-corrected chi connectivity index (χ2v) is 3.13. The van der Waals surface area contributed by atoms with E-state index < -0.39 is 5.97 Å². The van der Waals surface area contributed by atoms with Crippen molar-refractivity contribution in [3.05, 3.63) is 28.3 Å². The molecule has 4 heteroatoms. The van der Waals surface area contributed by atoms with Crippen LogP contribution in [0.25, 0.3) is 0 Å². The number of aryl methyl sites for hydroxylation is 1. The van der Waals surface area contributed by atoms with E-state index in [2.05, 4.69) is 0 Å². The summed E-state index contributed by atoms with van der Waals surface area (Å²) in [6.07, 6.45) is 0. The van der Waals surface area contributed by atoms with Crippen LogP contribution < -0.4 is 5.11 Å². The largest absolute Gasteiger partial charge is 3.00 e. The monoisotopic (exact) mass is 231 g/mol. The van der Waals surface area contributed by atoms with Gasteiger partial charge in [-0.2, -0.15) is 0 Å². The van der Waals surface area contributed by atoms with Crippen molar-refractivity contribution in [1.29, 1.82) is 0 Å². The molecule has 1 radical (unpaired) electrons. The fraction of sp³-hybridized carbons (Fsp3) is 0.300. The summed E-state index contributed by atoms with van der Waals surface area (Å²) in [5, 5.41) is 20.1. The van der Waals surface area contributed by atoms with Crippen molar-refractivity contribution in [3.63, 3.8) is 0 Å². The van der Waals surface area contributed by atoms with Crippen LogP contribution in [0.15, 0.2) is 6.07 Å². The topological polar surface area (TPSA) is 60.4 Å². The minimum atomic E-state index is -1.16. The molecule has 0 aliphatic rings. The van der Waals surface area contributed by atoms with E-state index in [4.69, 9.17) is 5.11 Å². The number of hydrogen-bond donors (Lipinski definition) is 1. The van der Waals surface area contributed by atoms with Gasteiger partial charge in [-0.15, -0.1) is 0 Å².